The molecule has 1 amide bonds. The lowest BCUT2D eigenvalue weighted by molar-refractivity contribution is -0.132. The lowest BCUT2D eigenvalue weighted by atomic mass is 10.1. The van der Waals surface area contributed by atoms with Crippen molar-refractivity contribution in [1.29, 1.82) is 0 Å². The third-order valence-corrected chi connectivity index (χ3v) is 4.22. The van der Waals surface area contributed by atoms with Gasteiger partial charge in [-0.1, -0.05) is 43.7 Å². The molecule has 3 nitrogen and oxygen atoms in total. The van der Waals surface area contributed by atoms with Crippen molar-refractivity contribution < 1.29 is 4.79 Å². The van der Waals surface area contributed by atoms with Crippen LogP contribution in [0, 0.1) is 12.8 Å². The number of rotatable bonds is 5. The van der Waals surface area contributed by atoms with Gasteiger partial charge in [0.1, 0.15) is 0 Å². The molecule has 1 aliphatic heterocycles. The van der Waals surface area contributed by atoms with E-state index in [1.807, 2.05) is 4.90 Å². The Morgan fingerprint density at radius 2 is 1.71 bits per heavy atom. The molecule has 116 valence electrons. The fraction of sp³-hybridized carbons (Fsp3) is 0.611. The summed E-state index contributed by atoms with van der Waals surface area (Å²) in [5.41, 5.74) is 2.36. The van der Waals surface area contributed by atoms with Gasteiger partial charge < -0.3 is 4.90 Å². The van der Waals surface area contributed by atoms with Gasteiger partial charge in [-0.3, -0.25) is 9.69 Å². The molecular formula is C18H28N2O. The van der Waals surface area contributed by atoms with Gasteiger partial charge in [0.15, 0.2) is 0 Å². The second kappa shape index (κ2) is 7.60. The molecule has 2 rings (SSSR count). The average Bonchev–Trinajstić information content (AvgIpc) is 2.48. The smallest absolute Gasteiger partial charge is 0.227 e. The van der Waals surface area contributed by atoms with E-state index in [1.54, 1.807) is 0 Å². The maximum absolute atomic E-state index is 12.3. The van der Waals surface area contributed by atoms with Crippen LogP contribution < -0.4 is 0 Å². The average molecular weight is 288 g/mol. The van der Waals surface area contributed by atoms with E-state index in [4.69, 9.17) is 0 Å². The Hall–Kier alpha value is -1.35. The normalized spacial score (nSPS) is 16.5. The van der Waals surface area contributed by atoms with Crippen LogP contribution in [0.4, 0.5) is 0 Å². The van der Waals surface area contributed by atoms with Crippen LogP contribution in [-0.2, 0) is 11.2 Å². The molecule has 0 spiro atoms. The topological polar surface area (TPSA) is 23.6 Å². The number of amides is 1. The highest BCUT2D eigenvalue weighted by atomic mass is 16.2. The van der Waals surface area contributed by atoms with Crippen molar-refractivity contribution in [3.05, 3.63) is 35.4 Å². The van der Waals surface area contributed by atoms with Crippen molar-refractivity contribution in [3.8, 4) is 0 Å². The van der Waals surface area contributed by atoms with Gasteiger partial charge in [0.05, 0.1) is 6.42 Å². The maximum atomic E-state index is 12.3. The minimum Gasteiger partial charge on any atom is -0.340 e. The molecule has 0 unspecified atom stereocenters. The molecule has 0 saturated carbocycles. The van der Waals surface area contributed by atoms with Gasteiger partial charge in [-0.05, 0) is 31.4 Å². The van der Waals surface area contributed by atoms with Gasteiger partial charge in [0.25, 0.3) is 0 Å². The molecule has 3 heteroatoms. The number of hydrogen-bond donors (Lipinski definition) is 0. The molecule has 1 aliphatic rings. The monoisotopic (exact) mass is 288 g/mol. The molecule has 0 atom stereocenters. The van der Waals surface area contributed by atoms with E-state index in [1.165, 1.54) is 12.0 Å². The molecule has 1 aromatic carbocycles. The van der Waals surface area contributed by atoms with Gasteiger partial charge >= 0.3 is 0 Å². The highest BCUT2D eigenvalue weighted by Crippen LogP contribution is 2.10. The molecule has 0 N–H and O–H groups in total. The Kier molecular flexibility index (Phi) is 5.80. The Balaban J connectivity index is 1.76. The van der Waals surface area contributed by atoms with Crippen LogP contribution in [0.25, 0.3) is 0 Å². The highest BCUT2D eigenvalue weighted by molar-refractivity contribution is 5.78. The number of hydrogen-bond acceptors (Lipinski definition) is 2. The molecule has 1 aromatic rings. The first-order valence-corrected chi connectivity index (χ1v) is 8.10. The van der Waals surface area contributed by atoms with Crippen LogP contribution in [0.5, 0.6) is 0 Å². The van der Waals surface area contributed by atoms with E-state index in [2.05, 4.69) is 49.9 Å². The number of carbonyl (C=O) groups is 1. The summed E-state index contributed by atoms with van der Waals surface area (Å²) in [4.78, 5) is 16.8. The SMILES string of the molecule is Cc1ccc(CC(=O)N2CCN(CCC(C)C)CC2)cc1. The minimum atomic E-state index is 0.266. The fourth-order valence-electron chi connectivity index (χ4n) is 2.65. The Morgan fingerprint density at radius 3 is 2.29 bits per heavy atom. The van der Waals surface area contributed by atoms with Crippen molar-refractivity contribution in [2.45, 2.75) is 33.6 Å². The van der Waals surface area contributed by atoms with Crippen molar-refractivity contribution in [2.75, 3.05) is 32.7 Å². The first-order valence-electron chi connectivity index (χ1n) is 8.10. The number of carbonyl (C=O) groups excluding carboxylic acids is 1. The van der Waals surface area contributed by atoms with Gasteiger partial charge in [0.2, 0.25) is 5.91 Å². The summed E-state index contributed by atoms with van der Waals surface area (Å²) in [5, 5.41) is 0. The number of piperazine rings is 1. The first-order chi connectivity index (χ1) is 10.0. The first kappa shape index (κ1) is 16.0. The largest absolute Gasteiger partial charge is 0.340 e. The van der Waals surface area contributed by atoms with Gasteiger partial charge in [0, 0.05) is 26.2 Å². The van der Waals surface area contributed by atoms with Crippen molar-refractivity contribution in [3.63, 3.8) is 0 Å². The van der Waals surface area contributed by atoms with E-state index in [-0.39, 0.29) is 5.91 Å². The van der Waals surface area contributed by atoms with Gasteiger partial charge in [-0.25, -0.2) is 0 Å². The van der Waals surface area contributed by atoms with Crippen molar-refractivity contribution in [1.82, 2.24) is 9.80 Å². The number of aryl methyl sites for hydroxylation is 1. The molecule has 21 heavy (non-hydrogen) atoms. The lowest BCUT2D eigenvalue weighted by Crippen LogP contribution is -2.49. The zero-order valence-corrected chi connectivity index (χ0v) is 13.6. The van der Waals surface area contributed by atoms with Crippen LogP contribution in [-0.4, -0.2) is 48.4 Å². The van der Waals surface area contributed by atoms with Crippen molar-refractivity contribution in [2.24, 2.45) is 5.92 Å². The summed E-state index contributed by atoms with van der Waals surface area (Å²) >= 11 is 0. The summed E-state index contributed by atoms with van der Waals surface area (Å²) in [5.74, 6) is 1.02. The van der Waals surface area contributed by atoms with E-state index in [0.29, 0.717) is 6.42 Å². The van der Waals surface area contributed by atoms with Gasteiger partial charge in [-0.2, -0.15) is 0 Å². The quantitative estimate of drug-likeness (QED) is 0.832. The number of benzene rings is 1. The zero-order valence-electron chi connectivity index (χ0n) is 13.6. The molecule has 1 saturated heterocycles. The summed E-state index contributed by atoms with van der Waals surface area (Å²) in [6.45, 7) is 11.6. The third kappa shape index (κ3) is 5.16. The predicted octanol–water partition coefficient (Wildman–Crippen LogP) is 2.73. The number of nitrogens with zero attached hydrogens (tertiary/aromatic N) is 2. The minimum absolute atomic E-state index is 0.266. The molecule has 1 heterocycles. The van der Waals surface area contributed by atoms with E-state index in [9.17, 15) is 4.79 Å². The summed E-state index contributed by atoms with van der Waals surface area (Å²) in [6.07, 6.45) is 1.78. The Morgan fingerprint density at radius 1 is 1.10 bits per heavy atom. The molecule has 0 radical (unpaired) electrons. The fourth-order valence-corrected chi connectivity index (χ4v) is 2.65. The molecule has 0 aromatic heterocycles. The maximum Gasteiger partial charge on any atom is 0.227 e. The summed E-state index contributed by atoms with van der Waals surface area (Å²) < 4.78 is 0. The zero-order chi connectivity index (χ0) is 15.2. The van der Waals surface area contributed by atoms with E-state index in [0.717, 1.165) is 44.2 Å². The molecule has 0 bridgehead atoms. The highest BCUT2D eigenvalue weighted by Gasteiger charge is 2.20. The summed E-state index contributed by atoms with van der Waals surface area (Å²) in [7, 11) is 0. The standard InChI is InChI=1S/C18H28N2O/c1-15(2)8-9-19-10-12-20(13-11-19)18(21)14-17-6-4-16(3)5-7-17/h4-7,15H,8-14H2,1-3H3. The predicted molar refractivity (Wildman–Crippen MR) is 87.4 cm³/mol. The van der Waals surface area contributed by atoms with Crippen LogP contribution in [0.1, 0.15) is 31.4 Å². The van der Waals surface area contributed by atoms with Crippen LogP contribution >= 0.6 is 0 Å². The third-order valence-electron chi connectivity index (χ3n) is 4.22. The molecule has 0 aliphatic carbocycles. The summed E-state index contributed by atoms with van der Waals surface area (Å²) in [6, 6.07) is 8.27. The molecule has 1 fully saturated rings. The lowest BCUT2D eigenvalue weighted by Gasteiger charge is -2.35. The second-order valence-corrected chi connectivity index (χ2v) is 6.57. The molecular weight excluding hydrogens is 260 g/mol. The van der Waals surface area contributed by atoms with Crippen LogP contribution in [0.3, 0.4) is 0 Å². The van der Waals surface area contributed by atoms with E-state index >= 15 is 0 Å². The van der Waals surface area contributed by atoms with Gasteiger partial charge in [-0.15, -0.1) is 0 Å². The van der Waals surface area contributed by atoms with Crippen LogP contribution in [0.2, 0.25) is 0 Å². The Bertz CT molecular complexity index is 445. The van der Waals surface area contributed by atoms with Crippen LogP contribution in [0.15, 0.2) is 24.3 Å². The second-order valence-electron chi connectivity index (χ2n) is 6.57. The van der Waals surface area contributed by atoms with E-state index < -0.39 is 0 Å². The Labute approximate surface area is 128 Å². The van der Waals surface area contributed by atoms with Crippen molar-refractivity contribution >= 4 is 5.91 Å².